The van der Waals surface area contributed by atoms with Crippen LogP contribution in [0.15, 0.2) is 33.7 Å². The second-order valence-electron chi connectivity index (χ2n) is 5.48. The SMILES string of the molecule is CCC(Oc1ccc(Br)cc1)C(=O)N1CCN(/C(=N\C#N)SC)CC1. The highest BCUT2D eigenvalue weighted by molar-refractivity contribution is 9.10. The van der Waals surface area contributed by atoms with Crippen molar-refractivity contribution in [2.45, 2.75) is 19.4 Å². The molecule has 25 heavy (non-hydrogen) atoms. The molecule has 1 saturated heterocycles. The smallest absolute Gasteiger partial charge is 0.263 e. The Kier molecular flexibility index (Phi) is 7.59. The normalized spacial score (nSPS) is 16.3. The Morgan fingerprint density at radius 2 is 1.92 bits per heavy atom. The average molecular weight is 425 g/mol. The van der Waals surface area contributed by atoms with E-state index in [0.29, 0.717) is 43.5 Å². The van der Waals surface area contributed by atoms with Crippen molar-refractivity contribution < 1.29 is 9.53 Å². The first-order chi connectivity index (χ1) is 12.1. The lowest BCUT2D eigenvalue weighted by atomic mass is 10.2. The number of carbonyl (C=O) groups excluding carboxylic acids is 1. The second kappa shape index (κ2) is 9.68. The van der Waals surface area contributed by atoms with Crippen LogP contribution in [0.5, 0.6) is 5.75 Å². The molecule has 1 aromatic carbocycles. The number of hydrogen-bond acceptors (Lipinski definition) is 5. The maximum atomic E-state index is 12.8. The van der Waals surface area contributed by atoms with Gasteiger partial charge in [0.1, 0.15) is 5.75 Å². The van der Waals surface area contributed by atoms with Gasteiger partial charge in [0.15, 0.2) is 11.3 Å². The molecule has 1 fully saturated rings. The standard InChI is InChI=1S/C17H21BrN4O2S/c1-3-15(24-14-6-4-13(18)5-7-14)16(23)21-8-10-22(11-9-21)17(25-2)20-12-19/h4-7,15H,3,8-11H2,1-2H3/b20-17+. The lowest BCUT2D eigenvalue weighted by Gasteiger charge is -2.37. The Balaban J connectivity index is 1.94. The van der Waals surface area contributed by atoms with Crippen LogP contribution in [0.2, 0.25) is 0 Å². The number of ether oxygens (including phenoxy) is 1. The van der Waals surface area contributed by atoms with Crippen molar-refractivity contribution in [3.8, 4) is 11.9 Å². The van der Waals surface area contributed by atoms with E-state index in [-0.39, 0.29) is 5.91 Å². The summed E-state index contributed by atoms with van der Waals surface area (Å²) in [5.74, 6) is 0.695. The number of rotatable bonds is 4. The number of benzene rings is 1. The number of nitriles is 1. The van der Waals surface area contributed by atoms with Crippen LogP contribution in [-0.4, -0.2) is 59.4 Å². The first-order valence-electron chi connectivity index (χ1n) is 8.05. The van der Waals surface area contributed by atoms with Crippen molar-refractivity contribution in [3.63, 3.8) is 0 Å². The molecule has 2 rings (SSSR count). The minimum absolute atomic E-state index is 0.00740. The molecule has 1 aromatic rings. The van der Waals surface area contributed by atoms with E-state index in [4.69, 9.17) is 10.00 Å². The van der Waals surface area contributed by atoms with Crippen LogP contribution in [0.25, 0.3) is 0 Å². The predicted molar refractivity (Wildman–Crippen MR) is 104 cm³/mol. The van der Waals surface area contributed by atoms with Crippen molar-refractivity contribution >= 4 is 38.8 Å². The summed E-state index contributed by atoms with van der Waals surface area (Å²) in [5, 5.41) is 9.44. The van der Waals surface area contributed by atoms with Gasteiger partial charge in [0, 0.05) is 30.7 Å². The summed E-state index contributed by atoms with van der Waals surface area (Å²) >= 11 is 4.83. The third kappa shape index (κ3) is 5.38. The van der Waals surface area contributed by atoms with Crippen LogP contribution in [0.4, 0.5) is 0 Å². The van der Waals surface area contributed by atoms with Crippen molar-refractivity contribution in [3.05, 3.63) is 28.7 Å². The van der Waals surface area contributed by atoms with Gasteiger partial charge in [-0.15, -0.1) is 4.99 Å². The van der Waals surface area contributed by atoms with Crippen LogP contribution in [0.3, 0.4) is 0 Å². The zero-order valence-electron chi connectivity index (χ0n) is 14.3. The summed E-state index contributed by atoms with van der Waals surface area (Å²) in [7, 11) is 0. The first kappa shape index (κ1) is 19.6. The van der Waals surface area contributed by atoms with Gasteiger partial charge in [-0.3, -0.25) is 4.79 Å². The van der Waals surface area contributed by atoms with Crippen LogP contribution in [0, 0.1) is 11.5 Å². The molecule has 0 bridgehead atoms. The van der Waals surface area contributed by atoms with E-state index in [0.717, 1.165) is 4.47 Å². The Morgan fingerprint density at radius 1 is 1.32 bits per heavy atom. The second-order valence-corrected chi connectivity index (χ2v) is 7.17. The molecule has 8 heteroatoms. The lowest BCUT2D eigenvalue weighted by molar-refractivity contribution is -0.140. The van der Waals surface area contributed by atoms with E-state index in [1.165, 1.54) is 11.8 Å². The molecule has 0 aliphatic carbocycles. The number of carbonyl (C=O) groups is 1. The van der Waals surface area contributed by atoms with Crippen molar-refractivity contribution in [2.75, 3.05) is 32.4 Å². The average Bonchev–Trinajstić information content (AvgIpc) is 2.65. The van der Waals surface area contributed by atoms with Crippen molar-refractivity contribution in [2.24, 2.45) is 4.99 Å². The fraction of sp³-hybridized carbons (Fsp3) is 0.471. The zero-order chi connectivity index (χ0) is 18.2. The van der Waals surface area contributed by atoms with Gasteiger partial charge < -0.3 is 14.5 Å². The Labute approximate surface area is 161 Å². The fourth-order valence-corrected chi connectivity index (χ4v) is 3.43. The molecule has 1 heterocycles. The number of piperazine rings is 1. The minimum Gasteiger partial charge on any atom is -0.481 e. The number of nitrogens with zero attached hydrogens (tertiary/aromatic N) is 4. The molecule has 0 aromatic heterocycles. The summed E-state index contributed by atoms with van der Waals surface area (Å²) < 4.78 is 6.84. The molecular weight excluding hydrogens is 404 g/mol. The molecule has 1 aliphatic heterocycles. The molecule has 1 amide bonds. The lowest BCUT2D eigenvalue weighted by Crippen LogP contribution is -2.53. The molecule has 134 valence electrons. The highest BCUT2D eigenvalue weighted by Crippen LogP contribution is 2.19. The van der Waals surface area contributed by atoms with Gasteiger partial charge in [0.25, 0.3) is 5.91 Å². The highest BCUT2D eigenvalue weighted by atomic mass is 79.9. The van der Waals surface area contributed by atoms with E-state index < -0.39 is 6.10 Å². The van der Waals surface area contributed by atoms with Gasteiger partial charge in [0.05, 0.1) is 0 Å². The maximum Gasteiger partial charge on any atom is 0.263 e. The number of amidine groups is 1. The van der Waals surface area contributed by atoms with Gasteiger partial charge in [0.2, 0.25) is 6.19 Å². The number of halogens is 1. The molecular formula is C17H21BrN4O2S. The van der Waals surface area contributed by atoms with E-state index in [1.54, 1.807) is 0 Å². The predicted octanol–water partition coefficient (Wildman–Crippen LogP) is 2.95. The molecule has 0 saturated carbocycles. The van der Waals surface area contributed by atoms with Crippen LogP contribution in [0.1, 0.15) is 13.3 Å². The van der Waals surface area contributed by atoms with E-state index in [9.17, 15) is 4.79 Å². The Morgan fingerprint density at radius 3 is 2.44 bits per heavy atom. The maximum absolute atomic E-state index is 12.8. The molecule has 0 N–H and O–H groups in total. The molecule has 0 radical (unpaired) electrons. The monoisotopic (exact) mass is 424 g/mol. The van der Waals surface area contributed by atoms with E-state index in [2.05, 4.69) is 20.9 Å². The summed E-state index contributed by atoms with van der Waals surface area (Å²) in [4.78, 5) is 20.5. The number of hydrogen-bond donors (Lipinski definition) is 0. The Bertz CT molecular complexity index is 652. The minimum atomic E-state index is -0.486. The summed E-state index contributed by atoms with van der Waals surface area (Å²) in [6, 6.07) is 7.48. The van der Waals surface area contributed by atoms with Gasteiger partial charge >= 0.3 is 0 Å². The molecule has 6 nitrogen and oxygen atoms in total. The molecule has 1 atom stereocenters. The number of aliphatic imine (C=N–C) groups is 1. The van der Waals surface area contributed by atoms with Crippen molar-refractivity contribution in [1.82, 2.24) is 9.80 Å². The number of amides is 1. The topological polar surface area (TPSA) is 68.9 Å². The molecule has 1 unspecified atom stereocenters. The fourth-order valence-electron chi connectivity index (χ4n) is 2.60. The van der Waals surface area contributed by atoms with Crippen LogP contribution in [-0.2, 0) is 4.79 Å². The first-order valence-corrected chi connectivity index (χ1v) is 10.1. The summed E-state index contributed by atoms with van der Waals surface area (Å²) in [5.41, 5.74) is 0. The molecule has 1 aliphatic rings. The largest absolute Gasteiger partial charge is 0.481 e. The van der Waals surface area contributed by atoms with Crippen LogP contribution >= 0.6 is 27.7 Å². The van der Waals surface area contributed by atoms with Crippen molar-refractivity contribution in [1.29, 1.82) is 5.26 Å². The quantitative estimate of drug-likeness (QED) is 0.422. The van der Waals surface area contributed by atoms with E-state index in [1.807, 2.05) is 53.4 Å². The number of thioether (sulfide) groups is 1. The van der Waals surface area contributed by atoms with Gasteiger partial charge in [-0.25, -0.2) is 0 Å². The highest BCUT2D eigenvalue weighted by Gasteiger charge is 2.28. The third-order valence-corrected chi connectivity index (χ3v) is 5.17. The van der Waals surface area contributed by atoms with E-state index >= 15 is 0 Å². The summed E-state index contributed by atoms with van der Waals surface area (Å²) in [6.45, 7) is 4.49. The van der Waals surface area contributed by atoms with Gasteiger partial charge in [-0.05, 0) is 36.9 Å². The summed E-state index contributed by atoms with van der Waals surface area (Å²) in [6.07, 6.45) is 3.85. The van der Waals surface area contributed by atoms with Crippen LogP contribution < -0.4 is 4.74 Å². The Hall–Kier alpha value is -1.72. The third-order valence-electron chi connectivity index (χ3n) is 3.93. The zero-order valence-corrected chi connectivity index (χ0v) is 16.7. The van der Waals surface area contributed by atoms with Gasteiger partial charge in [-0.1, -0.05) is 34.6 Å². The molecule has 0 spiro atoms. The van der Waals surface area contributed by atoms with Gasteiger partial charge in [-0.2, -0.15) is 5.26 Å².